The molecule has 1 aromatic heterocycles. The van der Waals surface area contributed by atoms with E-state index in [1.807, 2.05) is 29.9 Å². The Hall–Kier alpha value is -2.12. The number of fused-ring (bicyclic) bond motifs is 2. The first-order valence-corrected chi connectivity index (χ1v) is 8.70. The van der Waals surface area contributed by atoms with Gasteiger partial charge in [0.25, 0.3) is 0 Å². The van der Waals surface area contributed by atoms with Crippen LogP contribution in [0.3, 0.4) is 0 Å². The first-order valence-electron chi connectivity index (χ1n) is 8.32. The van der Waals surface area contributed by atoms with E-state index in [0.29, 0.717) is 24.7 Å². The molecule has 1 aromatic carbocycles. The molecular weight excluding hydrogens is 342 g/mol. The van der Waals surface area contributed by atoms with Gasteiger partial charge in [-0.05, 0) is 12.1 Å². The largest absolute Gasteiger partial charge is 0.335 e. The van der Waals surface area contributed by atoms with Crippen molar-refractivity contribution in [3.8, 4) is 0 Å². The molecule has 2 amide bonds. The topological polar surface area (TPSA) is 61.7 Å². The highest BCUT2D eigenvalue weighted by molar-refractivity contribution is 6.35. The van der Waals surface area contributed by atoms with Gasteiger partial charge in [-0.2, -0.15) is 5.10 Å². The molecular formula is C17H20ClN5O2. The molecule has 0 N–H and O–H groups in total. The van der Waals surface area contributed by atoms with Crippen LogP contribution in [0.4, 0.5) is 0 Å². The molecule has 0 spiro atoms. The molecule has 2 aliphatic rings. The van der Waals surface area contributed by atoms with Crippen molar-refractivity contribution < 1.29 is 9.59 Å². The van der Waals surface area contributed by atoms with Crippen LogP contribution in [0.5, 0.6) is 0 Å². The number of hydrogen-bond acceptors (Lipinski definition) is 4. The maximum absolute atomic E-state index is 12.4. The van der Waals surface area contributed by atoms with Crippen LogP contribution in [-0.2, 0) is 23.2 Å². The zero-order valence-electron chi connectivity index (χ0n) is 14.3. The van der Waals surface area contributed by atoms with Crippen molar-refractivity contribution in [2.24, 2.45) is 7.05 Å². The van der Waals surface area contributed by atoms with Gasteiger partial charge < -0.3 is 9.80 Å². The first kappa shape index (κ1) is 16.4. The zero-order valence-corrected chi connectivity index (χ0v) is 15.0. The van der Waals surface area contributed by atoms with Gasteiger partial charge in [0, 0.05) is 45.7 Å². The molecule has 2 saturated heterocycles. The van der Waals surface area contributed by atoms with E-state index in [1.54, 1.807) is 11.9 Å². The molecule has 25 heavy (non-hydrogen) atoms. The highest BCUT2D eigenvalue weighted by Crippen LogP contribution is 2.28. The molecule has 3 heterocycles. The van der Waals surface area contributed by atoms with E-state index in [1.165, 1.54) is 4.90 Å². The minimum Gasteiger partial charge on any atom is -0.335 e. The van der Waals surface area contributed by atoms with Gasteiger partial charge in [-0.3, -0.25) is 19.2 Å². The number of carbonyl (C=O) groups excluding carboxylic acids is 2. The van der Waals surface area contributed by atoms with Crippen molar-refractivity contribution in [1.29, 1.82) is 0 Å². The summed E-state index contributed by atoms with van der Waals surface area (Å²) in [4.78, 5) is 30.0. The highest BCUT2D eigenvalue weighted by Gasteiger charge is 2.41. The number of hydrogen-bond donors (Lipinski definition) is 0. The third kappa shape index (κ3) is 2.67. The third-order valence-electron chi connectivity index (χ3n) is 5.09. The van der Waals surface area contributed by atoms with Gasteiger partial charge >= 0.3 is 0 Å². The number of aromatic nitrogens is 2. The van der Waals surface area contributed by atoms with Gasteiger partial charge in [-0.1, -0.05) is 17.7 Å². The monoisotopic (exact) mass is 361 g/mol. The molecule has 0 unspecified atom stereocenters. The number of piperazine rings is 2. The normalized spacial score (nSPS) is 22.0. The number of halogens is 1. The smallest absolute Gasteiger partial charge is 0.246 e. The molecule has 0 radical (unpaired) electrons. The summed E-state index contributed by atoms with van der Waals surface area (Å²) in [6, 6.07) is 5.38. The van der Waals surface area contributed by atoms with E-state index < -0.39 is 6.04 Å². The standard InChI is InChI=1S/C17H20ClN5O2/c1-20-10-15(24)23-7-6-22(9-14(23)17(20)25)8-12-16-11(18)4-3-5-13(16)21(2)19-12/h3-5,14H,6-10H2,1-2H3/t14-/m0/s1. The lowest BCUT2D eigenvalue weighted by atomic mass is 10.1. The number of nitrogens with zero attached hydrogens (tertiary/aromatic N) is 5. The van der Waals surface area contributed by atoms with Crippen molar-refractivity contribution in [2.75, 3.05) is 33.2 Å². The Balaban J connectivity index is 1.59. The summed E-state index contributed by atoms with van der Waals surface area (Å²) >= 11 is 6.38. The lowest BCUT2D eigenvalue weighted by molar-refractivity contribution is -0.158. The van der Waals surface area contributed by atoms with Crippen molar-refractivity contribution >= 4 is 34.3 Å². The van der Waals surface area contributed by atoms with Crippen LogP contribution in [0.15, 0.2) is 18.2 Å². The molecule has 2 fully saturated rings. The van der Waals surface area contributed by atoms with Crippen LogP contribution in [-0.4, -0.2) is 75.6 Å². The van der Waals surface area contributed by atoms with E-state index in [2.05, 4.69) is 10.00 Å². The quantitative estimate of drug-likeness (QED) is 0.790. The maximum atomic E-state index is 12.4. The van der Waals surface area contributed by atoms with Gasteiger partial charge in [0.2, 0.25) is 11.8 Å². The lowest BCUT2D eigenvalue weighted by Crippen LogP contribution is -2.65. The summed E-state index contributed by atoms with van der Waals surface area (Å²) < 4.78 is 1.83. The van der Waals surface area contributed by atoms with E-state index in [0.717, 1.165) is 23.1 Å². The highest BCUT2D eigenvalue weighted by atomic mass is 35.5. The van der Waals surface area contributed by atoms with Crippen molar-refractivity contribution in [3.05, 3.63) is 28.9 Å². The second-order valence-electron chi connectivity index (χ2n) is 6.74. The Morgan fingerprint density at radius 1 is 1.24 bits per heavy atom. The Labute approximate surface area is 150 Å². The van der Waals surface area contributed by atoms with Crippen LogP contribution < -0.4 is 0 Å². The van der Waals surface area contributed by atoms with Crippen LogP contribution in [0.1, 0.15) is 5.69 Å². The summed E-state index contributed by atoms with van der Waals surface area (Å²) in [5, 5.41) is 6.25. The van der Waals surface area contributed by atoms with Gasteiger partial charge in [0.1, 0.15) is 6.04 Å². The van der Waals surface area contributed by atoms with Gasteiger partial charge in [0.05, 0.1) is 22.8 Å². The average molecular weight is 362 g/mol. The molecule has 2 aromatic rings. The van der Waals surface area contributed by atoms with Crippen molar-refractivity contribution in [3.63, 3.8) is 0 Å². The van der Waals surface area contributed by atoms with E-state index in [-0.39, 0.29) is 18.4 Å². The second kappa shape index (κ2) is 6.00. The molecule has 4 rings (SSSR count). The van der Waals surface area contributed by atoms with Crippen LogP contribution in [0.25, 0.3) is 10.9 Å². The molecule has 1 atom stereocenters. The number of carbonyl (C=O) groups is 2. The summed E-state index contributed by atoms with van der Waals surface area (Å²) in [5.41, 5.74) is 1.89. The number of benzene rings is 1. The minimum atomic E-state index is -0.398. The first-order chi connectivity index (χ1) is 12.0. The zero-order chi connectivity index (χ0) is 17.7. The summed E-state index contributed by atoms with van der Waals surface area (Å²) in [7, 11) is 3.58. The van der Waals surface area contributed by atoms with Gasteiger partial charge in [-0.25, -0.2) is 0 Å². The fourth-order valence-electron chi connectivity index (χ4n) is 3.79. The molecule has 0 saturated carbocycles. The molecule has 7 nitrogen and oxygen atoms in total. The van der Waals surface area contributed by atoms with Crippen LogP contribution >= 0.6 is 11.6 Å². The fraction of sp³-hybridized carbons (Fsp3) is 0.471. The molecule has 132 valence electrons. The second-order valence-corrected chi connectivity index (χ2v) is 7.14. The molecule has 0 aliphatic carbocycles. The van der Waals surface area contributed by atoms with E-state index in [9.17, 15) is 9.59 Å². The molecule has 0 bridgehead atoms. The lowest BCUT2D eigenvalue weighted by Gasteiger charge is -2.45. The van der Waals surface area contributed by atoms with Crippen molar-refractivity contribution in [1.82, 2.24) is 24.5 Å². The Bertz CT molecular complexity index is 864. The Kier molecular flexibility index (Phi) is 3.92. The van der Waals surface area contributed by atoms with Crippen LogP contribution in [0, 0.1) is 0 Å². The fourth-order valence-corrected chi connectivity index (χ4v) is 4.07. The number of rotatable bonds is 2. The summed E-state index contributed by atoms with van der Waals surface area (Å²) in [5.74, 6) is 0.0336. The summed E-state index contributed by atoms with van der Waals surface area (Å²) in [6.07, 6.45) is 0. The predicted octanol–water partition coefficient (Wildman–Crippen LogP) is 0.712. The average Bonchev–Trinajstić information content (AvgIpc) is 2.90. The third-order valence-corrected chi connectivity index (χ3v) is 5.41. The van der Waals surface area contributed by atoms with E-state index >= 15 is 0 Å². The molecule has 8 heteroatoms. The Morgan fingerprint density at radius 3 is 2.84 bits per heavy atom. The maximum Gasteiger partial charge on any atom is 0.246 e. The number of amides is 2. The van der Waals surface area contributed by atoms with E-state index in [4.69, 9.17) is 11.6 Å². The summed E-state index contributed by atoms with van der Waals surface area (Å²) in [6.45, 7) is 2.60. The van der Waals surface area contributed by atoms with Crippen LogP contribution in [0.2, 0.25) is 5.02 Å². The minimum absolute atomic E-state index is 0.00760. The molecule has 2 aliphatic heterocycles. The van der Waals surface area contributed by atoms with Gasteiger partial charge in [0.15, 0.2) is 0 Å². The SMILES string of the molecule is CN1CC(=O)N2CCN(Cc3nn(C)c4cccc(Cl)c34)C[C@H]2C1=O. The van der Waals surface area contributed by atoms with Crippen molar-refractivity contribution in [2.45, 2.75) is 12.6 Å². The number of aryl methyl sites for hydroxylation is 1. The van der Waals surface area contributed by atoms with Gasteiger partial charge in [-0.15, -0.1) is 0 Å². The number of likely N-dealkylation sites (N-methyl/N-ethyl adjacent to an activating group) is 1. The Morgan fingerprint density at radius 2 is 2.04 bits per heavy atom. The predicted molar refractivity (Wildman–Crippen MR) is 94.1 cm³/mol.